The highest BCUT2D eigenvalue weighted by molar-refractivity contribution is 6.09. The van der Waals surface area contributed by atoms with Crippen molar-refractivity contribution < 1.29 is 23.8 Å². The predicted molar refractivity (Wildman–Crippen MR) is 133 cm³/mol. The molecule has 0 heterocycles. The molecule has 0 aliphatic heterocycles. The second kappa shape index (κ2) is 12.1. The van der Waals surface area contributed by atoms with Crippen LogP contribution in [0.2, 0.25) is 0 Å². The Morgan fingerprint density at radius 1 is 1.03 bits per heavy atom. The molecule has 0 fully saturated rings. The van der Waals surface area contributed by atoms with Crippen LogP contribution < -0.4 is 14.8 Å². The summed E-state index contributed by atoms with van der Waals surface area (Å²) >= 11 is 0. The van der Waals surface area contributed by atoms with Crippen molar-refractivity contribution >= 4 is 23.6 Å². The summed E-state index contributed by atoms with van der Waals surface area (Å²) in [5, 5.41) is 12.2. The molecule has 0 spiro atoms. The quantitative estimate of drug-likeness (QED) is 0.259. The van der Waals surface area contributed by atoms with Gasteiger partial charge in [0.2, 0.25) is 0 Å². The normalized spacial score (nSPS) is 10.7. The largest absolute Gasteiger partial charge is 0.493 e. The fourth-order valence-electron chi connectivity index (χ4n) is 3.27. The van der Waals surface area contributed by atoms with Crippen molar-refractivity contribution in [3.63, 3.8) is 0 Å². The summed E-state index contributed by atoms with van der Waals surface area (Å²) in [6.45, 7) is 4.41. The number of hydrogen-bond donors (Lipinski definition) is 1. The molecule has 7 heteroatoms. The molecule has 3 aromatic carbocycles. The van der Waals surface area contributed by atoms with Gasteiger partial charge < -0.3 is 19.5 Å². The Labute approximate surface area is 204 Å². The van der Waals surface area contributed by atoms with Gasteiger partial charge in [-0.25, -0.2) is 4.79 Å². The monoisotopic (exact) mass is 470 g/mol. The Kier molecular flexibility index (Phi) is 8.63. The zero-order chi connectivity index (χ0) is 25.2. The summed E-state index contributed by atoms with van der Waals surface area (Å²) in [4.78, 5) is 24.4. The zero-order valence-corrected chi connectivity index (χ0v) is 19.8. The molecule has 0 aromatic heterocycles. The molecule has 0 saturated heterocycles. The van der Waals surface area contributed by atoms with E-state index in [2.05, 4.69) is 5.32 Å². The number of benzene rings is 3. The minimum atomic E-state index is -0.574. The van der Waals surface area contributed by atoms with Crippen LogP contribution in [0, 0.1) is 18.3 Å². The molecule has 0 unspecified atom stereocenters. The van der Waals surface area contributed by atoms with E-state index in [1.54, 1.807) is 49.4 Å². The molecule has 0 bridgehead atoms. The summed E-state index contributed by atoms with van der Waals surface area (Å²) < 4.78 is 16.3. The lowest BCUT2D eigenvalue weighted by molar-refractivity contribution is -0.112. The van der Waals surface area contributed by atoms with Crippen LogP contribution in [0.1, 0.15) is 34.0 Å². The first-order chi connectivity index (χ1) is 16.9. The van der Waals surface area contributed by atoms with Gasteiger partial charge in [0.15, 0.2) is 11.5 Å². The molecular formula is C28H26N2O5. The molecule has 1 N–H and O–H groups in total. The number of nitrogens with one attached hydrogen (secondary N) is 1. The lowest BCUT2D eigenvalue weighted by Crippen LogP contribution is -2.13. The van der Waals surface area contributed by atoms with Crippen molar-refractivity contribution in [2.75, 3.05) is 19.0 Å². The van der Waals surface area contributed by atoms with Gasteiger partial charge in [0.25, 0.3) is 5.91 Å². The number of rotatable bonds is 9. The number of esters is 1. The number of anilines is 1. The number of carbonyl (C=O) groups is 2. The summed E-state index contributed by atoms with van der Waals surface area (Å²) in [5.74, 6) is 0.0211. The fourth-order valence-corrected chi connectivity index (χ4v) is 3.27. The zero-order valence-electron chi connectivity index (χ0n) is 19.8. The second-order valence-electron chi connectivity index (χ2n) is 7.61. The van der Waals surface area contributed by atoms with Gasteiger partial charge in [-0.15, -0.1) is 0 Å². The number of amides is 1. The van der Waals surface area contributed by atoms with Gasteiger partial charge in [0, 0.05) is 5.69 Å². The Hall–Kier alpha value is -4.57. The van der Waals surface area contributed by atoms with Gasteiger partial charge in [0.1, 0.15) is 18.2 Å². The van der Waals surface area contributed by atoms with Crippen molar-refractivity contribution in [1.29, 1.82) is 5.26 Å². The highest BCUT2D eigenvalue weighted by Gasteiger charge is 2.12. The molecule has 7 nitrogen and oxygen atoms in total. The van der Waals surface area contributed by atoms with E-state index in [0.29, 0.717) is 34.9 Å². The van der Waals surface area contributed by atoms with Crippen molar-refractivity contribution in [1.82, 2.24) is 0 Å². The third-order valence-corrected chi connectivity index (χ3v) is 4.99. The molecule has 0 aliphatic rings. The SMILES string of the molecule is CCOC(=O)c1ccc(NC(=O)/C(C#N)=C/c2ccc(OCc3cccc(C)c3)c(OC)c2)cc1. The second-order valence-corrected chi connectivity index (χ2v) is 7.61. The Balaban J connectivity index is 1.71. The van der Waals surface area contributed by atoms with Crippen LogP contribution in [-0.2, 0) is 16.1 Å². The lowest BCUT2D eigenvalue weighted by Gasteiger charge is -2.12. The third-order valence-electron chi connectivity index (χ3n) is 4.99. The summed E-state index contributed by atoms with van der Waals surface area (Å²) in [6.07, 6.45) is 1.47. The average Bonchev–Trinajstić information content (AvgIpc) is 2.86. The van der Waals surface area contributed by atoms with E-state index in [4.69, 9.17) is 14.2 Å². The van der Waals surface area contributed by atoms with E-state index >= 15 is 0 Å². The minimum Gasteiger partial charge on any atom is -0.493 e. The van der Waals surface area contributed by atoms with Crippen LogP contribution in [-0.4, -0.2) is 25.6 Å². The molecule has 3 rings (SSSR count). The molecular weight excluding hydrogens is 444 g/mol. The van der Waals surface area contributed by atoms with E-state index in [0.717, 1.165) is 11.1 Å². The maximum atomic E-state index is 12.6. The van der Waals surface area contributed by atoms with Crippen molar-refractivity contribution in [3.8, 4) is 17.6 Å². The Bertz CT molecular complexity index is 1270. The van der Waals surface area contributed by atoms with Crippen molar-refractivity contribution in [2.45, 2.75) is 20.5 Å². The highest BCUT2D eigenvalue weighted by atomic mass is 16.5. The maximum absolute atomic E-state index is 12.6. The van der Waals surface area contributed by atoms with Gasteiger partial charge >= 0.3 is 5.97 Å². The van der Waals surface area contributed by atoms with E-state index in [1.807, 2.05) is 37.3 Å². The number of hydrogen-bond acceptors (Lipinski definition) is 6. The Morgan fingerprint density at radius 2 is 1.80 bits per heavy atom. The average molecular weight is 471 g/mol. The summed E-state index contributed by atoms with van der Waals surface area (Å²) in [6, 6.07) is 21.4. The minimum absolute atomic E-state index is 0.0880. The molecule has 0 radical (unpaired) electrons. The van der Waals surface area contributed by atoms with Crippen LogP contribution >= 0.6 is 0 Å². The molecule has 178 valence electrons. The van der Waals surface area contributed by atoms with Gasteiger partial charge in [0.05, 0.1) is 19.3 Å². The standard InChI is InChI=1S/C28H26N2O5/c1-4-34-28(32)22-9-11-24(12-10-22)30-27(31)23(17-29)15-20-8-13-25(26(16-20)33-3)35-18-21-7-5-6-19(2)14-21/h5-16H,4,18H2,1-3H3,(H,30,31)/b23-15+. The van der Waals surface area contributed by atoms with Crippen LogP contribution in [0.3, 0.4) is 0 Å². The topological polar surface area (TPSA) is 97.7 Å². The van der Waals surface area contributed by atoms with Crippen LogP contribution in [0.5, 0.6) is 11.5 Å². The molecule has 0 aliphatic carbocycles. The van der Waals surface area contributed by atoms with Gasteiger partial charge in [-0.05, 0) is 67.4 Å². The third kappa shape index (κ3) is 6.95. The van der Waals surface area contributed by atoms with Gasteiger partial charge in [-0.1, -0.05) is 35.9 Å². The van der Waals surface area contributed by atoms with Crippen LogP contribution in [0.15, 0.2) is 72.3 Å². The number of methoxy groups -OCH3 is 1. The molecule has 35 heavy (non-hydrogen) atoms. The number of nitriles is 1. The maximum Gasteiger partial charge on any atom is 0.338 e. The number of carbonyl (C=O) groups excluding carboxylic acids is 2. The molecule has 3 aromatic rings. The van der Waals surface area contributed by atoms with Crippen molar-refractivity contribution in [2.24, 2.45) is 0 Å². The summed E-state index contributed by atoms with van der Waals surface area (Å²) in [7, 11) is 1.53. The predicted octanol–water partition coefficient (Wildman–Crippen LogP) is 5.31. The van der Waals surface area contributed by atoms with E-state index in [1.165, 1.54) is 13.2 Å². The molecule has 0 atom stereocenters. The number of ether oxygens (including phenoxy) is 3. The highest BCUT2D eigenvalue weighted by Crippen LogP contribution is 2.30. The molecule has 1 amide bonds. The van der Waals surface area contributed by atoms with Crippen LogP contribution in [0.25, 0.3) is 6.08 Å². The first-order valence-corrected chi connectivity index (χ1v) is 11.0. The first kappa shape index (κ1) is 25.1. The number of aryl methyl sites for hydroxylation is 1. The van der Waals surface area contributed by atoms with E-state index in [9.17, 15) is 14.9 Å². The van der Waals surface area contributed by atoms with Gasteiger partial charge in [-0.3, -0.25) is 4.79 Å². The summed E-state index contributed by atoms with van der Waals surface area (Å²) in [5.41, 5.74) is 3.52. The fraction of sp³-hybridized carbons (Fsp3) is 0.179. The van der Waals surface area contributed by atoms with E-state index < -0.39 is 11.9 Å². The smallest absolute Gasteiger partial charge is 0.338 e. The first-order valence-electron chi connectivity index (χ1n) is 11.0. The Morgan fingerprint density at radius 3 is 2.46 bits per heavy atom. The van der Waals surface area contributed by atoms with Gasteiger partial charge in [-0.2, -0.15) is 5.26 Å². The lowest BCUT2D eigenvalue weighted by atomic mass is 10.1. The van der Waals surface area contributed by atoms with Crippen molar-refractivity contribution in [3.05, 3.63) is 94.6 Å². The van der Waals surface area contributed by atoms with E-state index in [-0.39, 0.29) is 12.2 Å². The van der Waals surface area contributed by atoms with Crippen LogP contribution in [0.4, 0.5) is 5.69 Å². The number of nitrogens with zero attached hydrogens (tertiary/aromatic N) is 1. The molecule has 0 saturated carbocycles.